The Morgan fingerprint density at radius 3 is 3.00 bits per heavy atom. The number of likely N-dealkylation sites (N-methyl/N-ethyl adjacent to an activating group) is 1. The zero-order valence-corrected chi connectivity index (χ0v) is 13.5. The van der Waals surface area contributed by atoms with Crippen molar-refractivity contribution < 1.29 is 9.53 Å². The number of carbonyl (C=O) groups excluding carboxylic acids is 1. The van der Waals surface area contributed by atoms with Crippen molar-refractivity contribution in [2.24, 2.45) is 0 Å². The van der Waals surface area contributed by atoms with E-state index in [-0.39, 0.29) is 18.5 Å². The van der Waals surface area contributed by atoms with Gasteiger partial charge in [0.1, 0.15) is 17.9 Å². The van der Waals surface area contributed by atoms with Gasteiger partial charge >= 0.3 is 0 Å². The lowest BCUT2D eigenvalue weighted by Gasteiger charge is -2.23. The monoisotopic (exact) mass is 322 g/mol. The molecule has 118 valence electrons. The summed E-state index contributed by atoms with van der Waals surface area (Å²) in [6.45, 7) is 2.60. The molecule has 0 aliphatic heterocycles. The van der Waals surface area contributed by atoms with Crippen LogP contribution in [-0.2, 0) is 16.1 Å². The first kappa shape index (κ1) is 16.4. The molecule has 0 spiro atoms. The number of rotatable bonds is 7. The fraction of sp³-hybridized carbons (Fsp3) is 0.462. The normalized spacial score (nSPS) is 12.4. The van der Waals surface area contributed by atoms with Crippen LogP contribution in [-0.4, -0.2) is 51.7 Å². The van der Waals surface area contributed by atoms with Crippen LogP contribution in [0.25, 0.3) is 0 Å². The molecule has 22 heavy (non-hydrogen) atoms. The van der Waals surface area contributed by atoms with Crippen molar-refractivity contribution in [3.8, 4) is 0 Å². The number of aromatic nitrogens is 4. The maximum Gasteiger partial charge on any atom is 0.240 e. The molecule has 0 bridgehead atoms. The maximum absolute atomic E-state index is 12.0. The third kappa shape index (κ3) is 4.52. The van der Waals surface area contributed by atoms with Crippen LogP contribution in [0.1, 0.15) is 23.7 Å². The van der Waals surface area contributed by atoms with Crippen LogP contribution in [0.5, 0.6) is 0 Å². The largest absolute Gasteiger partial charge is 0.377 e. The van der Waals surface area contributed by atoms with Gasteiger partial charge in [0.25, 0.3) is 0 Å². The summed E-state index contributed by atoms with van der Waals surface area (Å²) in [6, 6.07) is 1.84. The third-order valence-electron chi connectivity index (χ3n) is 3.07. The van der Waals surface area contributed by atoms with Gasteiger partial charge in [0, 0.05) is 19.3 Å². The SMILES string of the molecule is COCc1nnc(NC(=O)CN(C)[C@H](C)c2ccncn2)s1. The molecule has 2 heterocycles. The number of hydrogen-bond donors (Lipinski definition) is 1. The summed E-state index contributed by atoms with van der Waals surface area (Å²) in [5.74, 6) is -0.150. The van der Waals surface area contributed by atoms with Gasteiger partial charge in [-0.25, -0.2) is 9.97 Å². The van der Waals surface area contributed by atoms with E-state index in [4.69, 9.17) is 4.74 Å². The predicted octanol–water partition coefficient (Wildman–Crippen LogP) is 1.11. The number of nitrogens with zero attached hydrogens (tertiary/aromatic N) is 5. The molecule has 0 radical (unpaired) electrons. The van der Waals surface area contributed by atoms with Crippen LogP contribution in [0, 0.1) is 0 Å². The molecule has 1 amide bonds. The number of carbonyl (C=O) groups is 1. The van der Waals surface area contributed by atoms with Crippen molar-refractivity contribution in [1.82, 2.24) is 25.1 Å². The van der Waals surface area contributed by atoms with Crippen LogP contribution >= 0.6 is 11.3 Å². The summed E-state index contributed by atoms with van der Waals surface area (Å²) in [6.07, 6.45) is 3.18. The van der Waals surface area contributed by atoms with E-state index in [1.165, 1.54) is 17.7 Å². The van der Waals surface area contributed by atoms with Gasteiger partial charge in [0.2, 0.25) is 11.0 Å². The minimum absolute atomic E-state index is 0.00669. The second-order valence-corrected chi connectivity index (χ2v) is 5.77. The maximum atomic E-state index is 12.0. The summed E-state index contributed by atoms with van der Waals surface area (Å²) in [7, 11) is 3.45. The molecule has 0 saturated heterocycles. The van der Waals surface area contributed by atoms with E-state index in [1.807, 2.05) is 24.9 Å². The van der Waals surface area contributed by atoms with Crippen LogP contribution in [0.15, 0.2) is 18.6 Å². The fourth-order valence-electron chi connectivity index (χ4n) is 1.78. The van der Waals surface area contributed by atoms with Crippen molar-refractivity contribution in [3.63, 3.8) is 0 Å². The summed E-state index contributed by atoms with van der Waals surface area (Å²) >= 11 is 1.30. The smallest absolute Gasteiger partial charge is 0.240 e. The molecule has 1 N–H and O–H groups in total. The van der Waals surface area contributed by atoms with E-state index in [2.05, 4.69) is 25.5 Å². The highest BCUT2D eigenvalue weighted by molar-refractivity contribution is 7.15. The van der Waals surface area contributed by atoms with Gasteiger partial charge in [-0.1, -0.05) is 11.3 Å². The van der Waals surface area contributed by atoms with Crippen molar-refractivity contribution in [1.29, 1.82) is 0 Å². The molecule has 2 aromatic rings. The standard InChI is InChI=1S/C13H18N6O2S/c1-9(10-4-5-14-8-15-10)19(2)6-11(20)16-13-18-17-12(22-13)7-21-3/h4-5,8-9H,6-7H2,1-3H3,(H,16,18,20)/t9-/m1/s1. The second-order valence-electron chi connectivity index (χ2n) is 4.71. The first-order valence-electron chi connectivity index (χ1n) is 6.67. The molecule has 0 fully saturated rings. The first-order valence-corrected chi connectivity index (χ1v) is 7.49. The molecular weight excluding hydrogens is 304 g/mol. The van der Waals surface area contributed by atoms with E-state index < -0.39 is 0 Å². The molecule has 0 aliphatic rings. The third-order valence-corrected chi connectivity index (χ3v) is 3.88. The molecule has 0 unspecified atom stereocenters. The molecule has 0 saturated carbocycles. The molecule has 2 aromatic heterocycles. The Morgan fingerprint density at radius 2 is 2.32 bits per heavy atom. The number of anilines is 1. The van der Waals surface area contributed by atoms with Gasteiger partial charge in [-0.15, -0.1) is 10.2 Å². The Morgan fingerprint density at radius 1 is 1.50 bits per heavy atom. The molecule has 2 rings (SSSR count). The van der Waals surface area contributed by atoms with Gasteiger partial charge in [0.15, 0.2) is 0 Å². The predicted molar refractivity (Wildman–Crippen MR) is 82.3 cm³/mol. The fourth-order valence-corrected chi connectivity index (χ4v) is 2.51. The molecule has 9 heteroatoms. The molecule has 0 aromatic carbocycles. The second kappa shape index (κ2) is 7.87. The summed E-state index contributed by atoms with van der Waals surface area (Å²) in [4.78, 5) is 22.0. The zero-order valence-electron chi connectivity index (χ0n) is 12.7. The highest BCUT2D eigenvalue weighted by Crippen LogP contribution is 2.17. The highest BCUT2D eigenvalue weighted by atomic mass is 32.1. The topological polar surface area (TPSA) is 93.1 Å². The Hall–Kier alpha value is -1.97. The van der Waals surface area contributed by atoms with E-state index in [1.54, 1.807) is 13.3 Å². The Kier molecular flexibility index (Phi) is 5.87. The van der Waals surface area contributed by atoms with Crippen LogP contribution in [0.3, 0.4) is 0 Å². The van der Waals surface area contributed by atoms with Crippen LogP contribution in [0.2, 0.25) is 0 Å². The summed E-state index contributed by atoms with van der Waals surface area (Å²) < 4.78 is 4.97. The molecular formula is C13H18N6O2S. The van der Waals surface area contributed by atoms with Crippen molar-refractivity contribution >= 4 is 22.4 Å². The summed E-state index contributed by atoms with van der Waals surface area (Å²) in [5, 5.41) is 11.8. The zero-order chi connectivity index (χ0) is 15.9. The average molecular weight is 322 g/mol. The van der Waals surface area contributed by atoms with Crippen molar-refractivity contribution in [2.75, 3.05) is 26.0 Å². The number of nitrogens with one attached hydrogen (secondary N) is 1. The van der Waals surface area contributed by atoms with E-state index in [0.717, 1.165) is 10.7 Å². The van der Waals surface area contributed by atoms with Gasteiger partial charge < -0.3 is 4.74 Å². The van der Waals surface area contributed by atoms with Crippen LogP contribution in [0.4, 0.5) is 5.13 Å². The highest BCUT2D eigenvalue weighted by Gasteiger charge is 2.17. The quantitative estimate of drug-likeness (QED) is 0.816. The average Bonchev–Trinajstić information content (AvgIpc) is 2.94. The lowest BCUT2D eigenvalue weighted by molar-refractivity contribution is -0.117. The lowest BCUT2D eigenvalue weighted by atomic mass is 10.2. The van der Waals surface area contributed by atoms with Gasteiger partial charge in [-0.2, -0.15) is 0 Å². The molecule has 1 atom stereocenters. The number of ether oxygens (including phenoxy) is 1. The van der Waals surface area contributed by atoms with Crippen molar-refractivity contribution in [3.05, 3.63) is 29.3 Å². The number of methoxy groups -OCH3 is 1. The van der Waals surface area contributed by atoms with Gasteiger partial charge in [0.05, 0.1) is 12.2 Å². The van der Waals surface area contributed by atoms with Gasteiger partial charge in [-0.3, -0.25) is 15.0 Å². The number of amides is 1. The Labute approximate surface area is 132 Å². The minimum Gasteiger partial charge on any atom is -0.377 e. The molecule has 8 nitrogen and oxygen atoms in total. The minimum atomic E-state index is -0.150. The summed E-state index contributed by atoms with van der Waals surface area (Å²) in [5.41, 5.74) is 0.864. The van der Waals surface area contributed by atoms with E-state index >= 15 is 0 Å². The Balaban J connectivity index is 1.88. The van der Waals surface area contributed by atoms with Crippen molar-refractivity contribution in [2.45, 2.75) is 19.6 Å². The number of hydrogen-bond acceptors (Lipinski definition) is 8. The van der Waals surface area contributed by atoms with Gasteiger partial charge in [-0.05, 0) is 20.0 Å². The lowest BCUT2D eigenvalue weighted by Crippen LogP contribution is -2.32. The van der Waals surface area contributed by atoms with E-state index in [9.17, 15) is 4.79 Å². The first-order chi connectivity index (χ1) is 10.6. The van der Waals surface area contributed by atoms with Crippen LogP contribution < -0.4 is 5.32 Å². The van der Waals surface area contributed by atoms with E-state index in [0.29, 0.717) is 11.7 Å². The molecule has 0 aliphatic carbocycles. The Bertz CT molecular complexity index is 606.